The van der Waals surface area contributed by atoms with Crippen LogP contribution >= 0.6 is 0 Å². The van der Waals surface area contributed by atoms with Crippen LogP contribution in [0, 0.1) is 0 Å². The maximum Gasteiger partial charge on any atom is 0.0465 e. The molecule has 0 bridgehead atoms. The number of aryl methyl sites for hydroxylation is 4. The zero-order chi connectivity index (χ0) is 69.4. The van der Waals surface area contributed by atoms with Crippen molar-refractivity contribution in [3.8, 4) is 55.6 Å². The minimum atomic E-state index is -0.250. The predicted molar refractivity (Wildman–Crippen MR) is 435 cm³/mol. The first-order chi connectivity index (χ1) is 50.5. The summed E-state index contributed by atoms with van der Waals surface area (Å²) in [5.74, 6) is 0. The van der Waals surface area contributed by atoms with Crippen molar-refractivity contribution in [1.29, 1.82) is 0 Å². The Morgan fingerprint density at radius 2 is 0.447 bits per heavy atom. The van der Waals surface area contributed by atoms with E-state index in [0.29, 0.717) is 0 Å². The summed E-state index contributed by atoms with van der Waals surface area (Å²) in [6, 6.07) is 89.0. The molecule has 4 spiro atoms. The molecule has 4 fully saturated rings. The van der Waals surface area contributed by atoms with Crippen LogP contribution in [-0.4, -0.2) is 0 Å². The average Bonchev–Trinajstić information content (AvgIpc) is 1.58. The summed E-state index contributed by atoms with van der Waals surface area (Å²) in [5.41, 5.74) is 42.6. The van der Waals surface area contributed by atoms with Crippen LogP contribution in [0.1, 0.15) is 248 Å². The Kier molecular flexibility index (Phi) is 15.8. The van der Waals surface area contributed by atoms with Crippen LogP contribution in [0.5, 0.6) is 0 Å². The monoisotopic (exact) mass is 1340 g/mol. The molecule has 2 nitrogen and oxygen atoms in total. The lowest BCUT2D eigenvalue weighted by molar-refractivity contribution is 0.549. The van der Waals surface area contributed by atoms with E-state index in [0.717, 1.165) is 25.7 Å². The van der Waals surface area contributed by atoms with Crippen LogP contribution in [0.3, 0.4) is 0 Å². The molecule has 11 aromatic carbocycles. The molecule has 0 saturated heterocycles. The third kappa shape index (κ3) is 10.0. The molecule has 11 aromatic rings. The van der Waals surface area contributed by atoms with Crippen LogP contribution in [0.15, 0.2) is 218 Å². The Bertz CT molecular complexity index is 4870. The molecular weight excluding hydrogens is 1240 g/mol. The lowest BCUT2D eigenvalue weighted by Crippen LogP contribution is -2.22. The van der Waals surface area contributed by atoms with Gasteiger partial charge in [0.15, 0.2) is 0 Å². The molecule has 0 unspecified atom stereocenters. The fourth-order valence-corrected chi connectivity index (χ4v) is 22.5. The van der Waals surface area contributed by atoms with Crippen molar-refractivity contribution < 1.29 is 0 Å². The van der Waals surface area contributed by atoms with Gasteiger partial charge in [0.25, 0.3) is 0 Å². The highest BCUT2D eigenvalue weighted by molar-refractivity contribution is 5.92. The van der Waals surface area contributed by atoms with Gasteiger partial charge in [0.05, 0.1) is 0 Å². The molecule has 0 amide bonds. The molecular formula is C101H102N2. The molecule has 8 aliphatic carbocycles. The van der Waals surface area contributed by atoms with E-state index in [1.54, 1.807) is 22.3 Å². The summed E-state index contributed by atoms with van der Waals surface area (Å²) in [7, 11) is 0. The van der Waals surface area contributed by atoms with Crippen LogP contribution in [0.4, 0.5) is 34.1 Å². The zero-order valence-corrected chi connectivity index (χ0v) is 62.1. The van der Waals surface area contributed by atoms with Crippen molar-refractivity contribution in [1.82, 2.24) is 0 Å². The van der Waals surface area contributed by atoms with E-state index in [-0.39, 0.29) is 27.1 Å². The molecule has 0 atom stereocenters. The Labute approximate surface area is 614 Å². The second-order valence-electron chi connectivity index (χ2n) is 33.6. The topological polar surface area (TPSA) is 6.48 Å². The number of fused-ring (bicyclic) bond motifs is 20. The fourth-order valence-electron chi connectivity index (χ4n) is 22.5. The highest BCUT2D eigenvalue weighted by Crippen LogP contribution is 2.64. The fraction of sp³-hybridized carbons (Fsp3) is 0.347. The highest BCUT2D eigenvalue weighted by atomic mass is 15.1. The maximum absolute atomic E-state index is 2.63. The van der Waals surface area contributed by atoms with Gasteiger partial charge in [-0.25, -0.2) is 0 Å². The van der Waals surface area contributed by atoms with Gasteiger partial charge in [-0.05, 0) is 283 Å². The van der Waals surface area contributed by atoms with Crippen molar-refractivity contribution in [3.63, 3.8) is 0 Å². The Hall–Kier alpha value is -8.98. The normalized spacial score (nSPS) is 17.4. The molecule has 103 heavy (non-hydrogen) atoms. The molecule has 0 aromatic heterocycles. The van der Waals surface area contributed by atoms with Gasteiger partial charge >= 0.3 is 0 Å². The SMILES string of the molecule is CCCc1ccc2c(c1)C1(CCCC1)c1cc(N(c3ccc(-c4ccc(C(C)(C)c5ccc(N(c6ccc7c(c6)C6(CCCC6)c6cc(CCC)ccc6-7)c6ccc7c(c6)C6(CCCC6)c6cc(CCC)ccc6-7)cc5)cc4)cc3)c3ccc4c(c3)C3(CCCC3)c3cc(CCC)ccc3-4)ccc1-2. The third-order valence-electron chi connectivity index (χ3n) is 27.6. The third-order valence-corrected chi connectivity index (χ3v) is 27.6. The lowest BCUT2D eigenvalue weighted by atomic mass is 9.76. The molecule has 4 saturated carbocycles. The molecule has 0 N–H and O–H groups in total. The van der Waals surface area contributed by atoms with Gasteiger partial charge in [0.1, 0.15) is 0 Å². The highest BCUT2D eigenvalue weighted by Gasteiger charge is 2.50. The average molecular weight is 1340 g/mol. The van der Waals surface area contributed by atoms with Crippen molar-refractivity contribution in [2.45, 2.75) is 223 Å². The molecule has 8 aliphatic rings. The van der Waals surface area contributed by atoms with E-state index in [2.05, 4.69) is 270 Å². The summed E-state index contributed by atoms with van der Waals surface area (Å²) >= 11 is 0. The number of anilines is 6. The van der Waals surface area contributed by atoms with Gasteiger partial charge < -0.3 is 9.80 Å². The van der Waals surface area contributed by atoms with E-state index in [1.807, 2.05) is 0 Å². The van der Waals surface area contributed by atoms with Crippen molar-refractivity contribution in [2.75, 3.05) is 9.80 Å². The standard InChI is InChI=1S/C101H102N2/c1-7-19-67-23-43-81-85-47-39-77(63-93(85)98(89(81)59-67)51-11-12-52-98)102(78-40-48-86-82-44-24-68(20-8-2)60-90(82)99(94(86)64-78)53-13-14-54-99)75-35-29-72(30-36-75)71-27-31-73(32-28-71)97(5,6)74-33-37-76(38-34-74)103(79-41-49-87-83-45-25-69(21-9-3)61-91(83)100(95(87)65-79)55-15-16-56-100)80-42-50-88-84-46-26-70(22-10-4)62-92(84)101(96(88)66-80)57-17-18-58-101/h23-50,59-66H,7-22,51-58H2,1-6H3. The number of nitrogens with zero attached hydrogens (tertiary/aromatic N) is 2. The summed E-state index contributed by atoms with van der Waals surface area (Å²) in [6.07, 6.45) is 29.3. The van der Waals surface area contributed by atoms with Crippen LogP contribution in [0.2, 0.25) is 0 Å². The number of hydrogen-bond donors (Lipinski definition) is 0. The molecule has 19 rings (SSSR count). The second kappa shape index (κ2) is 25.1. The van der Waals surface area contributed by atoms with E-state index in [9.17, 15) is 0 Å². The Morgan fingerprint density at radius 3 is 0.699 bits per heavy atom. The number of rotatable bonds is 17. The van der Waals surface area contributed by atoms with Crippen LogP contribution in [-0.2, 0) is 52.8 Å². The quantitative estimate of drug-likeness (QED) is 0.0896. The van der Waals surface area contributed by atoms with E-state index in [1.165, 1.54) is 274 Å². The maximum atomic E-state index is 2.63. The minimum absolute atomic E-state index is 0.0670. The van der Waals surface area contributed by atoms with Crippen molar-refractivity contribution in [3.05, 3.63) is 296 Å². The predicted octanol–water partition coefficient (Wildman–Crippen LogP) is 27.8. The molecule has 2 heteroatoms. The van der Waals surface area contributed by atoms with Crippen molar-refractivity contribution in [2.24, 2.45) is 0 Å². The Morgan fingerprint density at radius 1 is 0.243 bits per heavy atom. The molecule has 0 aliphatic heterocycles. The molecule has 516 valence electrons. The van der Waals surface area contributed by atoms with E-state index < -0.39 is 0 Å². The first kappa shape index (κ1) is 64.8. The van der Waals surface area contributed by atoms with E-state index >= 15 is 0 Å². The first-order valence-electron chi connectivity index (χ1n) is 40.5. The Balaban J connectivity index is 0.658. The second-order valence-corrected chi connectivity index (χ2v) is 33.6. The van der Waals surface area contributed by atoms with Crippen LogP contribution < -0.4 is 9.80 Å². The van der Waals surface area contributed by atoms with Crippen molar-refractivity contribution >= 4 is 34.1 Å². The van der Waals surface area contributed by atoms with Crippen LogP contribution in [0.25, 0.3) is 55.6 Å². The molecule has 0 radical (unpaired) electrons. The summed E-state index contributed by atoms with van der Waals surface area (Å²) in [4.78, 5) is 5.23. The summed E-state index contributed by atoms with van der Waals surface area (Å²) in [6.45, 7) is 14.1. The van der Waals surface area contributed by atoms with Gasteiger partial charge in [-0.1, -0.05) is 264 Å². The van der Waals surface area contributed by atoms with E-state index in [4.69, 9.17) is 0 Å². The lowest BCUT2D eigenvalue weighted by Gasteiger charge is -2.32. The first-order valence-corrected chi connectivity index (χ1v) is 40.5. The number of benzene rings is 11. The van der Waals surface area contributed by atoms with Gasteiger partial charge in [-0.15, -0.1) is 0 Å². The summed E-state index contributed by atoms with van der Waals surface area (Å²) < 4.78 is 0. The largest absolute Gasteiger partial charge is 0.310 e. The van der Waals surface area contributed by atoms with Gasteiger partial charge in [0, 0.05) is 61.2 Å². The van der Waals surface area contributed by atoms with Gasteiger partial charge in [-0.3, -0.25) is 0 Å². The summed E-state index contributed by atoms with van der Waals surface area (Å²) in [5, 5.41) is 0. The number of hydrogen-bond acceptors (Lipinski definition) is 2. The minimum Gasteiger partial charge on any atom is -0.310 e. The smallest absolute Gasteiger partial charge is 0.0465 e. The molecule has 0 heterocycles. The van der Waals surface area contributed by atoms with Gasteiger partial charge in [-0.2, -0.15) is 0 Å². The van der Waals surface area contributed by atoms with Gasteiger partial charge in [0.2, 0.25) is 0 Å². The zero-order valence-electron chi connectivity index (χ0n) is 62.1.